The maximum atomic E-state index is 11.0. The summed E-state index contributed by atoms with van der Waals surface area (Å²) in [5.41, 5.74) is -0.548. The molecular formula is C8H15ClO2. The number of halogens is 1. The monoisotopic (exact) mass is 178 g/mol. The fourth-order valence-electron chi connectivity index (χ4n) is 0.656. The average Bonchev–Trinajstić information content (AvgIpc) is 1.53. The van der Waals surface area contributed by atoms with E-state index in [9.17, 15) is 4.79 Å². The van der Waals surface area contributed by atoms with E-state index >= 15 is 0 Å². The van der Waals surface area contributed by atoms with Crippen LogP contribution in [0.2, 0.25) is 0 Å². The largest absolute Gasteiger partial charge is 0.446 e. The lowest BCUT2D eigenvalue weighted by Gasteiger charge is -2.17. The molecule has 2 nitrogen and oxygen atoms in total. The zero-order valence-corrected chi connectivity index (χ0v) is 8.23. The van der Waals surface area contributed by atoms with Crippen molar-refractivity contribution in [3.63, 3.8) is 0 Å². The van der Waals surface area contributed by atoms with Crippen molar-refractivity contribution >= 4 is 17.6 Å². The molecule has 0 aliphatic heterocycles. The van der Waals surface area contributed by atoms with E-state index in [1.807, 2.05) is 20.8 Å². The van der Waals surface area contributed by atoms with Gasteiger partial charge in [-0.25, -0.2) is 0 Å². The number of carbonyl (C=O) groups is 1. The third-order valence-electron chi connectivity index (χ3n) is 0.969. The number of esters is 1. The fraction of sp³-hybridized carbons (Fsp3) is 0.875. The third kappa shape index (κ3) is 7.66. The van der Waals surface area contributed by atoms with E-state index in [0.29, 0.717) is 6.42 Å². The van der Waals surface area contributed by atoms with Crippen LogP contribution < -0.4 is 0 Å². The summed E-state index contributed by atoms with van der Waals surface area (Å²) in [5.74, 6) is -0.236. The molecule has 0 spiro atoms. The lowest BCUT2D eigenvalue weighted by Crippen LogP contribution is -2.17. The third-order valence-corrected chi connectivity index (χ3v) is 1.06. The summed E-state index contributed by atoms with van der Waals surface area (Å²) in [7, 11) is 0. The number of hydrogen-bond acceptors (Lipinski definition) is 2. The highest BCUT2D eigenvalue weighted by molar-refractivity contribution is 6.19. The van der Waals surface area contributed by atoms with Gasteiger partial charge in [0.15, 0.2) is 5.56 Å². The van der Waals surface area contributed by atoms with Crippen molar-refractivity contribution in [2.45, 2.75) is 39.7 Å². The quantitative estimate of drug-likeness (QED) is 0.480. The van der Waals surface area contributed by atoms with Gasteiger partial charge in [-0.1, -0.05) is 32.4 Å². The minimum atomic E-state index is -0.523. The standard InChI is InChI=1S/C8H15ClO2/c1-6(9)11-7(10)5-8(2,3)4/h6H,5H2,1-4H3. The van der Waals surface area contributed by atoms with Crippen molar-refractivity contribution in [3.8, 4) is 0 Å². The smallest absolute Gasteiger partial charge is 0.307 e. The van der Waals surface area contributed by atoms with Gasteiger partial charge in [0.05, 0.1) is 6.42 Å². The van der Waals surface area contributed by atoms with Crippen LogP contribution in [-0.2, 0) is 9.53 Å². The van der Waals surface area contributed by atoms with Crippen LogP contribution >= 0.6 is 11.6 Å². The van der Waals surface area contributed by atoms with Crippen LogP contribution in [0, 0.1) is 5.41 Å². The molecule has 0 fully saturated rings. The molecule has 0 saturated carbocycles. The lowest BCUT2D eigenvalue weighted by atomic mass is 9.93. The van der Waals surface area contributed by atoms with Crippen LogP contribution in [0.25, 0.3) is 0 Å². The van der Waals surface area contributed by atoms with E-state index in [1.54, 1.807) is 6.92 Å². The molecule has 0 bridgehead atoms. The first-order valence-electron chi connectivity index (χ1n) is 3.65. The molecule has 0 rings (SSSR count). The van der Waals surface area contributed by atoms with E-state index in [4.69, 9.17) is 16.3 Å². The normalized spacial score (nSPS) is 14.3. The molecule has 0 aliphatic carbocycles. The molecule has 0 amide bonds. The molecule has 11 heavy (non-hydrogen) atoms. The van der Waals surface area contributed by atoms with Crippen molar-refractivity contribution in [1.29, 1.82) is 0 Å². The van der Waals surface area contributed by atoms with Crippen molar-refractivity contribution in [1.82, 2.24) is 0 Å². The minimum Gasteiger partial charge on any atom is -0.446 e. The molecule has 0 aromatic rings. The second-order valence-electron chi connectivity index (χ2n) is 3.77. The van der Waals surface area contributed by atoms with Gasteiger partial charge in [-0.2, -0.15) is 0 Å². The van der Waals surface area contributed by atoms with Crippen LogP contribution in [0.1, 0.15) is 34.1 Å². The Hall–Kier alpha value is -0.240. The minimum absolute atomic E-state index is 0.0249. The van der Waals surface area contributed by atoms with E-state index < -0.39 is 5.56 Å². The Labute approximate surface area is 72.9 Å². The topological polar surface area (TPSA) is 26.3 Å². The summed E-state index contributed by atoms with van der Waals surface area (Å²) in [6.45, 7) is 7.57. The first-order valence-corrected chi connectivity index (χ1v) is 4.08. The molecule has 0 aliphatic rings. The van der Waals surface area contributed by atoms with Crippen LogP contribution in [0.5, 0.6) is 0 Å². The summed E-state index contributed by atoms with van der Waals surface area (Å²) in [4.78, 5) is 11.0. The average molecular weight is 179 g/mol. The highest BCUT2D eigenvalue weighted by Gasteiger charge is 2.17. The van der Waals surface area contributed by atoms with Crippen LogP contribution in [0.3, 0.4) is 0 Å². The molecule has 3 heteroatoms. The van der Waals surface area contributed by atoms with Gasteiger partial charge in [0, 0.05) is 0 Å². The zero-order valence-electron chi connectivity index (χ0n) is 7.48. The zero-order chi connectivity index (χ0) is 9.07. The molecule has 0 aromatic heterocycles. The SMILES string of the molecule is CC(Cl)OC(=O)CC(C)(C)C. The highest BCUT2D eigenvalue weighted by atomic mass is 35.5. The summed E-state index contributed by atoms with van der Waals surface area (Å²) in [6, 6.07) is 0. The Balaban J connectivity index is 3.71. The van der Waals surface area contributed by atoms with Gasteiger partial charge in [0.1, 0.15) is 0 Å². The van der Waals surface area contributed by atoms with E-state index in [2.05, 4.69) is 0 Å². The van der Waals surface area contributed by atoms with Gasteiger partial charge in [0.25, 0.3) is 0 Å². The van der Waals surface area contributed by atoms with Crippen LogP contribution in [0.4, 0.5) is 0 Å². The van der Waals surface area contributed by atoms with Crippen molar-refractivity contribution in [2.75, 3.05) is 0 Å². The number of ether oxygens (including phenoxy) is 1. The Morgan fingerprint density at radius 3 is 2.27 bits per heavy atom. The van der Waals surface area contributed by atoms with Crippen molar-refractivity contribution < 1.29 is 9.53 Å². The van der Waals surface area contributed by atoms with Gasteiger partial charge in [0.2, 0.25) is 0 Å². The van der Waals surface area contributed by atoms with Crippen molar-refractivity contribution in [3.05, 3.63) is 0 Å². The summed E-state index contributed by atoms with van der Waals surface area (Å²) < 4.78 is 4.75. The predicted octanol–water partition coefficient (Wildman–Crippen LogP) is 2.55. The Kier molecular flexibility index (Phi) is 3.87. The van der Waals surface area contributed by atoms with Gasteiger partial charge < -0.3 is 4.74 Å². The number of alkyl halides is 1. The molecule has 0 N–H and O–H groups in total. The highest BCUT2D eigenvalue weighted by Crippen LogP contribution is 2.19. The molecule has 0 heterocycles. The van der Waals surface area contributed by atoms with E-state index in [1.165, 1.54) is 0 Å². The number of hydrogen-bond donors (Lipinski definition) is 0. The van der Waals surface area contributed by atoms with Gasteiger partial charge in [-0.05, 0) is 12.3 Å². The second kappa shape index (κ2) is 3.96. The van der Waals surface area contributed by atoms with E-state index in [0.717, 1.165) is 0 Å². The van der Waals surface area contributed by atoms with Crippen LogP contribution in [0.15, 0.2) is 0 Å². The molecule has 0 saturated heterocycles. The van der Waals surface area contributed by atoms with Crippen molar-refractivity contribution in [2.24, 2.45) is 5.41 Å². The molecule has 0 aromatic carbocycles. The summed E-state index contributed by atoms with van der Waals surface area (Å²) in [6.07, 6.45) is 0.407. The molecule has 66 valence electrons. The first-order chi connectivity index (χ1) is 4.81. The Bertz CT molecular complexity index is 136. The second-order valence-corrected chi connectivity index (χ2v) is 4.38. The maximum Gasteiger partial charge on any atom is 0.307 e. The van der Waals surface area contributed by atoms with Crippen LogP contribution in [-0.4, -0.2) is 11.5 Å². The van der Waals surface area contributed by atoms with Gasteiger partial charge in [-0.15, -0.1) is 0 Å². The first kappa shape index (κ1) is 10.8. The molecular weight excluding hydrogens is 164 g/mol. The maximum absolute atomic E-state index is 11.0. The summed E-state index contributed by atoms with van der Waals surface area (Å²) in [5, 5.41) is 0. The molecule has 1 unspecified atom stereocenters. The van der Waals surface area contributed by atoms with Gasteiger partial charge in [-0.3, -0.25) is 4.79 Å². The molecule has 0 radical (unpaired) electrons. The Morgan fingerprint density at radius 1 is 1.55 bits per heavy atom. The predicted molar refractivity (Wildman–Crippen MR) is 45.5 cm³/mol. The Morgan fingerprint density at radius 2 is 2.00 bits per heavy atom. The van der Waals surface area contributed by atoms with Gasteiger partial charge >= 0.3 is 5.97 Å². The molecule has 1 atom stereocenters. The fourth-order valence-corrected chi connectivity index (χ4v) is 0.755. The summed E-state index contributed by atoms with van der Waals surface area (Å²) >= 11 is 5.46. The lowest BCUT2D eigenvalue weighted by molar-refractivity contribution is -0.146. The number of carbonyl (C=O) groups excluding carboxylic acids is 1. The van der Waals surface area contributed by atoms with E-state index in [-0.39, 0.29) is 11.4 Å². The number of rotatable bonds is 2.